The summed E-state index contributed by atoms with van der Waals surface area (Å²) in [5.74, 6) is -0.372. The lowest BCUT2D eigenvalue weighted by atomic mass is 10.2. The van der Waals surface area contributed by atoms with Gasteiger partial charge in [-0.2, -0.15) is 0 Å². The topological polar surface area (TPSA) is 93.2 Å². The van der Waals surface area contributed by atoms with Crippen LogP contribution in [-0.4, -0.2) is 35.0 Å². The van der Waals surface area contributed by atoms with Gasteiger partial charge in [0, 0.05) is 12.6 Å². The van der Waals surface area contributed by atoms with Gasteiger partial charge in [-0.05, 0) is 19.1 Å². The predicted octanol–water partition coefficient (Wildman–Crippen LogP) is 2.31. The first-order valence-electron chi connectivity index (χ1n) is 7.40. The van der Waals surface area contributed by atoms with Crippen molar-refractivity contribution < 1.29 is 14.3 Å². The number of anilines is 2. The number of esters is 1. The second-order valence-electron chi connectivity index (χ2n) is 4.68. The highest BCUT2D eigenvalue weighted by Gasteiger charge is 2.13. The van der Waals surface area contributed by atoms with Gasteiger partial charge >= 0.3 is 5.97 Å². The first-order chi connectivity index (χ1) is 11.7. The molecule has 7 heteroatoms. The summed E-state index contributed by atoms with van der Waals surface area (Å²) in [6.45, 7) is 5.91. The summed E-state index contributed by atoms with van der Waals surface area (Å²) < 4.78 is 5.03. The van der Waals surface area contributed by atoms with Gasteiger partial charge in [-0.3, -0.25) is 4.79 Å². The van der Waals surface area contributed by atoms with Crippen molar-refractivity contribution >= 4 is 23.4 Å². The molecule has 0 aliphatic heterocycles. The number of rotatable bonds is 7. The van der Waals surface area contributed by atoms with Crippen LogP contribution in [0.15, 0.2) is 49.3 Å². The summed E-state index contributed by atoms with van der Waals surface area (Å²) in [4.78, 5) is 31.9. The Morgan fingerprint density at radius 3 is 2.83 bits per heavy atom. The van der Waals surface area contributed by atoms with E-state index in [1.807, 2.05) is 0 Å². The molecule has 0 unspecified atom stereocenters. The van der Waals surface area contributed by atoms with E-state index in [1.54, 1.807) is 37.3 Å². The number of amides is 1. The Kier molecular flexibility index (Phi) is 6.01. The van der Waals surface area contributed by atoms with Crippen molar-refractivity contribution in [2.24, 2.45) is 0 Å². The second-order valence-corrected chi connectivity index (χ2v) is 4.68. The number of carbonyl (C=O) groups excluding carboxylic acids is 2. The molecule has 1 aromatic heterocycles. The molecule has 0 spiro atoms. The van der Waals surface area contributed by atoms with Crippen molar-refractivity contribution in [2.75, 3.05) is 18.5 Å². The normalized spacial score (nSPS) is 9.88. The van der Waals surface area contributed by atoms with E-state index < -0.39 is 5.97 Å². The zero-order valence-electron chi connectivity index (χ0n) is 13.3. The molecular formula is C17H18N4O3. The summed E-state index contributed by atoms with van der Waals surface area (Å²) >= 11 is 0. The molecule has 124 valence electrons. The third kappa shape index (κ3) is 4.39. The van der Waals surface area contributed by atoms with Crippen molar-refractivity contribution in [2.45, 2.75) is 6.92 Å². The Hall–Kier alpha value is -3.22. The number of aromatic nitrogens is 2. The Balaban J connectivity index is 2.21. The number of carbonyl (C=O) groups is 2. The molecular weight excluding hydrogens is 308 g/mol. The van der Waals surface area contributed by atoms with Gasteiger partial charge < -0.3 is 15.4 Å². The number of nitrogens with one attached hydrogen (secondary N) is 2. The summed E-state index contributed by atoms with van der Waals surface area (Å²) in [6.07, 6.45) is 2.85. The van der Waals surface area contributed by atoms with Crippen LogP contribution in [0, 0.1) is 0 Å². The standard InChI is InChI=1S/C17H18N4O3/c1-3-9-18-16(22)14-10-15(20-11-19-14)21-13-8-6-5-7-12(13)17(23)24-4-2/h3,5-8,10-11H,1,4,9H2,2H3,(H,18,22)(H,19,20,21). The van der Waals surface area contributed by atoms with E-state index in [0.29, 0.717) is 23.6 Å². The number of para-hydroxylation sites is 1. The van der Waals surface area contributed by atoms with Gasteiger partial charge in [0.05, 0.1) is 17.9 Å². The van der Waals surface area contributed by atoms with Crippen LogP contribution in [0.2, 0.25) is 0 Å². The van der Waals surface area contributed by atoms with Gasteiger partial charge in [0.15, 0.2) is 0 Å². The molecule has 0 fully saturated rings. The zero-order valence-corrected chi connectivity index (χ0v) is 13.3. The van der Waals surface area contributed by atoms with Crippen LogP contribution in [0.3, 0.4) is 0 Å². The third-order valence-electron chi connectivity index (χ3n) is 2.99. The molecule has 24 heavy (non-hydrogen) atoms. The molecule has 1 amide bonds. The fourth-order valence-corrected chi connectivity index (χ4v) is 1.92. The lowest BCUT2D eigenvalue weighted by Gasteiger charge is -2.11. The Morgan fingerprint density at radius 2 is 2.08 bits per heavy atom. The Labute approximate surface area is 139 Å². The van der Waals surface area contributed by atoms with Crippen LogP contribution in [0.1, 0.15) is 27.8 Å². The number of nitrogens with zero attached hydrogens (tertiary/aromatic N) is 2. The third-order valence-corrected chi connectivity index (χ3v) is 2.99. The smallest absolute Gasteiger partial charge is 0.340 e. The molecule has 0 bridgehead atoms. The zero-order chi connectivity index (χ0) is 17.4. The van der Waals surface area contributed by atoms with Gasteiger partial charge in [-0.15, -0.1) is 6.58 Å². The minimum absolute atomic E-state index is 0.211. The van der Waals surface area contributed by atoms with Crippen molar-refractivity contribution in [1.29, 1.82) is 0 Å². The SMILES string of the molecule is C=CCNC(=O)c1cc(Nc2ccccc2C(=O)OCC)ncn1. The average molecular weight is 326 g/mol. The molecule has 2 N–H and O–H groups in total. The summed E-state index contributed by atoms with van der Waals surface area (Å²) in [5, 5.41) is 5.65. The molecule has 0 aliphatic carbocycles. The molecule has 0 radical (unpaired) electrons. The van der Waals surface area contributed by atoms with Gasteiger partial charge in [0.2, 0.25) is 0 Å². The fraction of sp³-hybridized carbons (Fsp3) is 0.176. The minimum atomic E-state index is -0.432. The van der Waals surface area contributed by atoms with E-state index in [1.165, 1.54) is 12.4 Å². The highest BCUT2D eigenvalue weighted by atomic mass is 16.5. The maximum Gasteiger partial charge on any atom is 0.340 e. The molecule has 0 atom stereocenters. The van der Waals surface area contributed by atoms with E-state index in [-0.39, 0.29) is 18.2 Å². The average Bonchev–Trinajstić information content (AvgIpc) is 2.60. The van der Waals surface area contributed by atoms with Crippen LogP contribution in [-0.2, 0) is 4.74 Å². The molecule has 2 rings (SSSR count). The summed E-state index contributed by atoms with van der Waals surface area (Å²) in [5.41, 5.74) is 1.13. The summed E-state index contributed by atoms with van der Waals surface area (Å²) in [6, 6.07) is 8.40. The van der Waals surface area contributed by atoms with Gasteiger partial charge in [0.25, 0.3) is 5.91 Å². The van der Waals surface area contributed by atoms with E-state index in [9.17, 15) is 9.59 Å². The number of benzene rings is 1. The lowest BCUT2D eigenvalue weighted by Crippen LogP contribution is -2.24. The van der Waals surface area contributed by atoms with Crippen LogP contribution in [0.25, 0.3) is 0 Å². The number of hydrogen-bond donors (Lipinski definition) is 2. The minimum Gasteiger partial charge on any atom is -0.462 e. The van der Waals surface area contributed by atoms with Crippen LogP contribution < -0.4 is 10.6 Å². The van der Waals surface area contributed by atoms with Gasteiger partial charge in [-0.1, -0.05) is 18.2 Å². The molecule has 1 heterocycles. The molecule has 0 aliphatic rings. The maximum absolute atomic E-state index is 12.0. The Morgan fingerprint density at radius 1 is 1.29 bits per heavy atom. The van der Waals surface area contributed by atoms with Crippen molar-refractivity contribution in [1.82, 2.24) is 15.3 Å². The monoisotopic (exact) mass is 326 g/mol. The quantitative estimate of drug-likeness (QED) is 0.599. The fourth-order valence-electron chi connectivity index (χ4n) is 1.92. The van der Waals surface area contributed by atoms with Gasteiger partial charge in [0.1, 0.15) is 17.8 Å². The largest absolute Gasteiger partial charge is 0.462 e. The van der Waals surface area contributed by atoms with Crippen molar-refractivity contribution in [3.63, 3.8) is 0 Å². The number of hydrogen-bond acceptors (Lipinski definition) is 6. The molecule has 0 saturated heterocycles. The van der Waals surface area contributed by atoms with Crippen LogP contribution in [0.5, 0.6) is 0 Å². The molecule has 0 saturated carbocycles. The van der Waals surface area contributed by atoms with Crippen molar-refractivity contribution in [3.8, 4) is 0 Å². The molecule has 7 nitrogen and oxygen atoms in total. The first kappa shape index (κ1) is 17.1. The second kappa shape index (κ2) is 8.42. The highest BCUT2D eigenvalue weighted by Crippen LogP contribution is 2.20. The highest BCUT2D eigenvalue weighted by molar-refractivity contribution is 5.97. The van der Waals surface area contributed by atoms with E-state index >= 15 is 0 Å². The predicted molar refractivity (Wildman–Crippen MR) is 90.2 cm³/mol. The van der Waals surface area contributed by atoms with Crippen LogP contribution >= 0.6 is 0 Å². The molecule has 2 aromatic rings. The lowest BCUT2D eigenvalue weighted by molar-refractivity contribution is 0.0527. The van der Waals surface area contributed by atoms with E-state index in [4.69, 9.17) is 4.74 Å². The number of ether oxygens (including phenoxy) is 1. The van der Waals surface area contributed by atoms with Gasteiger partial charge in [-0.25, -0.2) is 14.8 Å². The van der Waals surface area contributed by atoms with Crippen LogP contribution in [0.4, 0.5) is 11.5 Å². The molecule has 1 aromatic carbocycles. The van der Waals surface area contributed by atoms with E-state index in [2.05, 4.69) is 27.2 Å². The Bertz CT molecular complexity index is 746. The van der Waals surface area contributed by atoms with Crippen molar-refractivity contribution in [3.05, 3.63) is 60.6 Å². The first-order valence-corrected chi connectivity index (χ1v) is 7.40. The van der Waals surface area contributed by atoms with E-state index in [0.717, 1.165) is 0 Å². The maximum atomic E-state index is 12.0. The summed E-state index contributed by atoms with van der Waals surface area (Å²) in [7, 11) is 0.